The second kappa shape index (κ2) is 6.24. The van der Waals surface area contributed by atoms with Gasteiger partial charge in [0, 0.05) is 17.0 Å². The number of aliphatic hydroxyl groups excluding tert-OH is 1. The van der Waals surface area contributed by atoms with E-state index >= 15 is 0 Å². The number of hydrogen-bond acceptors (Lipinski definition) is 2. The Balaban J connectivity index is 2.27. The van der Waals surface area contributed by atoms with Crippen molar-refractivity contribution in [2.24, 2.45) is 7.05 Å². The number of nitrogens with zero attached hydrogens (tertiary/aromatic N) is 2. The summed E-state index contributed by atoms with van der Waals surface area (Å²) in [6, 6.07) is 7.83. The maximum atomic E-state index is 10.4. The first-order chi connectivity index (χ1) is 9.04. The van der Waals surface area contributed by atoms with Crippen molar-refractivity contribution in [3.63, 3.8) is 0 Å². The smallest absolute Gasteiger partial charge is 0.0856 e. The molecule has 0 bridgehead atoms. The molecule has 0 spiro atoms. The molecule has 2 aromatic rings. The molecule has 0 aliphatic carbocycles. The van der Waals surface area contributed by atoms with Gasteiger partial charge in [0.25, 0.3) is 0 Å². The van der Waals surface area contributed by atoms with Gasteiger partial charge in [0.15, 0.2) is 0 Å². The number of halogens is 2. The summed E-state index contributed by atoms with van der Waals surface area (Å²) in [5, 5.41) is 15.4. The molecule has 102 valence electrons. The predicted molar refractivity (Wildman–Crippen MR) is 85.4 cm³/mol. The lowest BCUT2D eigenvalue weighted by Crippen LogP contribution is -2.08. The van der Waals surface area contributed by atoms with Crippen LogP contribution < -0.4 is 0 Å². The molecule has 5 heteroatoms. The van der Waals surface area contributed by atoms with Gasteiger partial charge in [-0.3, -0.25) is 4.68 Å². The number of aliphatic hydroxyl groups is 1. The zero-order valence-corrected chi connectivity index (χ0v) is 13.8. The molecule has 0 saturated heterocycles. The Morgan fingerprint density at radius 1 is 1.42 bits per heavy atom. The van der Waals surface area contributed by atoms with Gasteiger partial charge in [0.05, 0.1) is 22.5 Å². The van der Waals surface area contributed by atoms with Crippen molar-refractivity contribution in [2.75, 3.05) is 0 Å². The van der Waals surface area contributed by atoms with Crippen LogP contribution in [0.4, 0.5) is 0 Å². The number of aryl methyl sites for hydroxylation is 2. The molecule has 1 aromatic heterocycles. The van der Waals surface area contributed by atoms with Crippen LogP contribution >= 0.6 is 34.2 Å². The Morgan fingerprint density at radius 2 is 2.11 bits per heavy atom. The van der Waals surface area contributed by atoms with Gasteiger partial charge in [-0.05, 0) is 40.6 Å². The number of rotatable bonds is 4. The SMILES string of the molecule is CCc1nn(C)c(CC(O)c2ccccc2I)c1Cl. The molecule has 0 aliphatic heterocycles. The molecule has 0 aliphatic rings. The van der Waals surface area contributed by atoms with E-state index in [9.17, 15) is 5.11 Å². The van der Waals surface area contributed by atoms with E-state index in [0.717, 1.165) is 26.9 Å². The molecule has 1 atom stereocenters. The van der Waals surface area contributed by atoms with Gasteiger partial charge < -0.3 is 5.11 Å². The van der Waals surface area contributed by atoms with Crippen LogP contribution in [0.1, 0.15) is 30.0 Å². The molecule has 0 amide bonds. The van der Waals surface area contributed by atoms with Crippen molar-refractivity contribution in [3.05, 3.63) is 49.8 Å². The fraction of sp³-hybridized carbons (Fsp3) is 0.357. The Morgan fingerprint density at radius 3 is 2.68 bits per heavy atom. The Bertz CT molecular complexity index is 583. The fourth-order valence-electron chi connectivity index (χ4n) is 2.08. The molecule has 19 heavy (non-hydrogen) atoms. The van der Waals surface area contributed by atoms with Crippen LogP contribution in [0.25, 0.3) is 0 Å². The van der Waals surface area contributed by atoms with Gasteiger partial charge in [-0.2, -0.15) is 5.10 Å². The van der Waals surface area contributed by atoms with Crippen LogP contribution in [0.15, 0.2) is 24.3 Å². The predicted octanol–water partition coefficient (Wildman–Crippen LogP) is 3.52. The molecule has 0 saturated carbocycles. The zero-order valence-electron chi connectivity index (χ0n) is 10.9. The Labute approximate surface area is 131 Å². The monoisotopic (exact) mass is 390 g/mol. The molecule has 0 radical (unpaired) electrons. The van der Waals surface area contributed by atoms with Crippen molar-refractivity contribution in [1.29, 1.82) is 0 Å². The summed E-state index contributed by atoms with van der Waals surface area (Å²) in [4.78, 5) is 0. The normalized spacial score (nSPS) is 12.7. The molecular weight excluding hydrogens is 375 g/mol. The van der Waals surface area contributed by atoms with Crippen molar-refractivity contribution < 1.29 is 5.11 Å². The van der Waals surface area contributed by atoms with E-state index in [2.05, 4.69) is 27.7 Å². The first kappa shape index (κ1) is 14.8. The van der Waals surface area contributed by atoms with Crippen molar-refractivity contribution >= 4 is 34.2 Å². The number of hydrogen-bond donors (Lipinski definition) is 1. The third-order valence-corrected chi connectivity index (χ3v) is 4.57. The summed E-state index contributed by atoms with van der Waals surface area (Å²) in [5.41, 5.74) is 2.69. The molecule has 3 nitrogen and oxygen atoms in total. The van der Waals surface area contributed by atoms with Gasteiger partial charge in [-0.25, -0.2) is 0 Å². The topological polar surface area (TPSA) is 38.0 Å². The lowest BCUT2D eigenvalue weighted by molar-refractivity contribution is 0.175. The number of aromatic nitrogens is 2. The summed E-state index contributed by atoms with van der Waals surface area (Å²) in [6.07, 6.45) is 0.708. The Hall–Kier alpha value is -0.590. The van der Waals surface area contributed by atoms with Crippen LogP contribution in [0.5, 0.6) is 0 Å². The fourth-order valence-corrected chi connectivity index (χ4v) is 3.20. The summed E-state index contributed by atoms with van der Waals surface area (Å²) < 4.78 is 2.82. The maximum absolute atomic E-state index is 10.4. The van der Waals surface area contributed by atoms with E-state index in [-0.39, 0.29) is 0 Å². The van der Waals surface area contributed by atoms with Gasteiger partial charge in [0.1, 0.15) is 0 Å². The molecule has 1 N–H and O–H groups in total. The minimum Gasteiger partial charge on any atom is -0.388 e. The number of benzene rings is 1. The first-order valence-corrected chi connectivity index (χ1v) is 7.63. The van der Waals surface area contributed by atoms with Crippen molar-refractivity contribution in [1.82, 2.24) is 9.78 Å². The summed E-state index contributed by atoms with van der Waals surface area (Å²) in [6.45, 7) is 2.02. The van der Waals surface area contributed by atoms with Crippen LogP contribution in [0.3, 0.4) is 0 Å². The van der Waals surface area contributed by atoms with Crippen LogP contribution in [-0.4, -0.2) is 14.9 Å². The molecule has 1 heterocycles. The summed E-state index contributed by atoms with van der Waals surface area (Å²) in [7, 11) is 1.86. The largest absolute Gasteiger partial charge is 0.388 e. The summed E-state index contributed by atoms with van der Waals surface area (Å²) >= 11 is 8.54. The molecule has 2 rings (SSSR count). The highest BCUT2D eigenvalue weighted by molar-refractivity contribution is 14.1. The summed E-state index contributed by atoms with van der Waals surface area (Å²) in [5.74, 6) is 0. The third kappa shape index (κ3) is 3.12. The van der Waals surface area contributed by atoms with Crippen LogP contribution in [0.2, 0.25) is 5.02 Å². The average Bonchev–Trinajstić information content (AvgIpc) is 2.66. The van der Waals surface area contributed by atoms with E-state index in [1.165, 1.54) is 0 Å². The molecule has 1 unspecified atom stereocenters. The van der Waals surface area contributed by atoms with Gasteiger partial charge in [-0.15, -0.1) is 0 Å². The van der Waals surface area contributed by atoms with E-state index in [1.807, 2.05) is 38.2 Å². The van der Waals surface area contributed by atoms with Crippen LogP contribution in [-0.2, 0) is 19.9 Å². The van der Waals surface area contributed by atoms with E-state index < -0.39 is 6.10 Å². The quantitative estimate of drug-likeness (QED) is 0.811. The van der Waals surface area contributed by atoms with Gasteiger partial charge in [-0.1, -0.05) is 36.7 Å². The highest BCUT2D eigenvalue weighted by atomic mass is 127. The van der Waals surface area contributed by atoms with Crippen molar-refractivity contribution in [3.8, 4) is 0 Å². The zero-order chi connectivity index (χ0) is 14.0. The molecule has 0 fully saturated rings. The van der Waals surface area contributed by atoms with Crippen molar-refractivity contribution in [2.45, 2.75) is 25.9 Å². The first-order valence-electron chi connectivity index (χ1n) is 6.17. The minimum absolute atomic E-state index is 0.475. The second-order valence-electron chi connectivity index (χ2n) is 4.43. The maximum Gasteiger partial charge on any atom is 0.0856 e. The van der Waals surface area contributed by atoms with E-state index in [0.29, 0.717) is 11.4 Å². The van der Waals surface area contributed by atoms with Gasteiger partial charge in [0.2, 0.25) is 0 Å². The minimum atomic E-state index is -0.564. The molecular formula is C14H16ClIN2O. The average molecular weight is 391 g/mol. The second-order valence-corrected chi connectivity index (χ2v) is 5.97. The third-order valence-electron chi connectivity index (χ3n) is 3.15. The lowest BCUT2D eigenvalue weighted by Gasteiger charge is -2.13. The standard InChI is InChI=1S/C14H16ClIN2O/c1-3-11-14(15)12(18(2)17-11)8-13(19)9-6-4-5-7-10(9)16/h4-7,13,19H,3,8H2,1-2H3. The highest BCUT2D eigenvalue weighted by Gasteiger charge is 2.18. The van der Waals surface area contributed by atoms with E-state index in [1.54, 1.807) is 4.68 Å². The Kier molecular flexibility index (Phi) is 4.86. The lowest BCUT2D eigenvalue weighted by atomic mass is 10.0. The van der Waals surface area contributed by atoms with Gasteiger partial charge >= 0.3 is 0 Å². The van der Waals surface area contributed by atoms with E-state index in [4.69, 9.17) is 11.6 Å². The van der Waals surface area contributed by atoms with Crippen LogP contribution in [0, 0.1) is 3.57 Å². The molecule has 1 aromatic carbocycles. The highest BCUT2D eigenvalue weighted by Crippen LogP contribution is 2.28.